The van der Waals surface area contributed by atoms with E-state index in [0.29, 0.717) is 19.0 Å². The van der Waals surface area contributed by atoms with Crippen LogP contribution in [0.2, 0.25) is 0 Å². The van der Waals surface area contributed by atoms with Crippen LogP contribution in [0.25, 0.3) is 0 Å². The maximum Gasteiger partial charge on any atom is 0.257 e. The summed E-state index contributed by atoms with van der Waals surface area (Å²) in [5, 5.41) is 0. The third-order valence-corrected chi connectivity index (χ3v) is 4.16. The van der Waals surface area contributed by atoms with E-state index in [9.17, 15) is 9.18 Å². The summed E-state index contributed by atoms with van der Waals surface area (Å²) >= 11 is 0. The number of ether oxygens (including phenoxy) is 2. The number of halogens is 1. The normalized spacial score (nSPS) is 18.4. The van der Waals surface area contributed by atoms with Crippen LogP contribution in [-0.2, 0) is 5.54 Å². The molecule has 0 bridgehead atoms. The van der Waals surface area contributed by atoms with E-state index in [4.69, 9.17) is 9.47 Å². The molecule has 4 nitrogen and oxygen atoms in total. The van der Waals surface area contributed by atoms with E-state index in [1.165, 1.54) is 0 Å². The van der Waals surface area contributed by atoms with E-state index in [1.807, 2.05) is 6.92 Å². The molecule has 1 aliphatic carbocycles. The summed E-state index contributed by atoms with van der Waals surface area (Å²) in [7, 11) is 1.73. The first kappa shape index (κ1) is 13.2. The molecule has 1 heterocycles. The number of rotatable bonds is 4. The molecule has 20 heavy (non-hydrogen) atoms. The van der Waals surface area contributed by atoms with Gasteiger partial charge in [0, 0.05) is 7.05 Å². The average molecular weight is 279 g/mol. The van der Waals surface area contributed by atoms with Crippen LogP contribution in [-0.4, -0.2) is 31.1 Å². The number of benzene rings is 1. The second-order valence-electron chi connectivity index (χ2n) is 5.20. The third-order valence-electron chi connectivity index (χ3n) is 4.16. The number of carbonyl (C=O) groups excluding carboxylic acids is 1. The number of hydrogen-bond acceptors (Lipinski definition) is 3. The van der Waals surface area contributed by atoms with Crippen molar-refractivity contribution < 1.29 is 18.7 Å². The monoisotopic (exact) mass is 279 g/mol. The Morgan fingerprint density at radius 2 is 1.95 bits per heavy atom. The summed E-state index contributed by atoms with van der Waals surface area (Å²) in [6.45, 7) is 4.36. The Morgan fingerprint density at radius 1 is 1.30 bits per heavy atom. The highest BCUT2D eigenvalue weighted by molar-refractivity contribution is 6.01. The predicted molar refractivity (Wildman–Crippen MR) is 71.7 cm³/mol. The van der Waals surface area contributed by atoms with Gasteiger partial charge in [-0.15, -0.1) is 0 Å². The lowest BCUT2D eigenvalue weighted by Crippen LogP contribution is -2.28. The highest BCUT2D eigenvalue weighted by Gasteiger charge is 2.58. The van der Waals surface area contributed by atoms with Crippen molar-refractivity contribution in [2.75, 3.05) is 20.3 Å². The van der Waals surface area contributed by atoms with Gasteiger partial charge in [0.1, 0.15) is 0 Å². The number of nitrogens with zero attached hydrogens (tertiary/aromatic N) is 1. The van der Waals surface area contributed by atoms with Crippen molar-refractivity contribution in [3.63, 3.8) is 0 Å². The molecule has 1 aromatic rings. The first-order valence-corrected chi connectivity index (χ1v) is 6.97. The van der Waals surface area contributed by atoms with E-state index in [0.717, 1.165) is 18.4 Å². The Morgan fingerprint density at radius 3 is 2.50 bits per heavy atom. The molecule has 0 radical (unpaired) electrons. The molecule has 1 spiro atoms. The van der Waals surface area contributed by atoms with E-state index in [1.54, 1.807) is 24.9 Å². The Kier molecular flexibility index (Phi) is 2.88. The lowest BCUT2D eigenvalue weighted by Gasteiger charge is -2.19. The average Bonchev–Trinajstić information content (AvgIpc) is 3.19. The van der Waals surface area contributed by atoms with Crippen LogP contribution >= 0.6 is 0 Å². The molecule has 0 atom stereocenters. The highest BCUT2D eigenvalue weighted by Crippen LogP contribution is 2.58. The standard InChI is InChI=1S/C15H18FNO3/c1-4-19-10-8-9-11(12(16)13(10)20-5-2)14(18)17(3)15(9)6-7-15/h8H,4-7H2,1-3H3. The minimum atomic E-state index is -0.589. The zero-order chi connectivity index (χ0) is 14.5. The molecule has 2 aliphatic rings. The Labute approximate surface area is 117 Å². The van der Waals surface area contributed by atoms with E-state index < -0.39 is 5.82 Å². The van der Waals surface area contributed by atoms with Gasteiger partial charge in [-0.2, -0.15) is 0 Å². The number of hydrogen-bond donors (Lipinski definition) is 0. The van der Waals surface area contributed by atoms with Crippen LogP contribution in [0, 0.1) is 5.82 Å². The maximum absolute atomic E-state index is 14.7. The number of carbonyl (C=O) groups is 1. The summed E-state index contributed by atoms with van der Waals surface area (Å²) in [5.41, 5.74) is 0.579. The largest absolute Gasteiger partial charge is 0.490 e. The molecular formula is C15H18FNO3. The highest BCUT2D eigenvalue weighted by atomic mass is 19.1. The fraction of sp³-hybridized carbons (Fsp3) is 0.533. The van der Waals surface area contributed by atoms with Crippen LogP contribution in [0.4, 0.5) is 4.39 Å². The van der Waals surface area contributed by atoms with Gasteiger partial charge in [0.15, 0.2) is 17.3 Å². The lowest BCUT2D eigenvalue weighted by atomic mass is 10.0. The molecule has 1 saturated carbocycles. The van der Waals surface area contributed by atoms with Gasteiger partial charge in [-0.1, -0.05) is 0 Å². The van der Waals surface area contributed by atoms with Gasteiger partial charge in [-0.3, -0.25) is 4.79 Å². The quantitative estimate of drug-likeness (QED) is 0.850. The van der Waals surface area contributed by atoms with Gasteiger partial charge >= 0.3 is 0 Å². The van der Waals surface area contributed by atoms with Crippen molar-refractivity contribution >= 4 is 5.91 Å². The molecule has 0 aromatic heterocycles. The molecule has 5 heteroatoms. The van der Waals surface area contributed by atoms with Crippen molar-refractivity contribution in [2.24, 2.45) is 0 Å². The zero-order valence-corrected chi connectivity index (χ0v) is 12.0. The minimum absolute atomic E-state index is 0.0487. The molecule has 1 amide bonds. The third kappa shape index (κ3) is 1.55. The summed E-state index contributed by atoms with van der Waals surface area (Å²) in [4.78, 5) is 13.9. The molecule has 3 rings (SSSR count). The van der Waals surface area contributed by atoms with Crippen molar-refractivity contribution in [3.8, 4) is 11.5 Å². The van der Waals surface area contributed by atoms with Crippen molar-refractivity contribution in [3.05, 3.63) is 23.0 Å². The van der Waals surface area contributed by atoms with E-state index >= 15 is 0 Å². The molecule has 1 aromatic carbocycles. The fourth-order valence-electron chi connectivity index (χ4n) is 2.99. The van der Waals surface area contributed by atoms with Gasteiger partial charge in [-0.05, 0) is 38.3 Å². The Balaban J connectivity index is 2.20. The molecule has 1 aliphatic heterocycles. The van der Waals surface area contributed by atoms with Gasteiger partial charge < -0.3 is 14.4 Å². The van der Waals surface area contributed by atoms with Crippen molar-refractivity contribution in [1.29, 1.82) is 0 Å². The Hall–Kier alpha value is -1.78. The second-order valence-corrected chi connectivity index (χ2v) is 5.20. The molecule has 0 unspecified atom stereocenters. The summed E-state index contributed by atoms with van der Waals surface area (Å²) in [6, 6.07) is 1.78. The van der Waals surface area contributed by atoms with Gasteiger partial charge in [0.05, 0.1) is 24.3 Å². The van der Waals surface area contributed by atoms with Crippen LogP contribution in [0.15, 0.2) is 6.07 Å². The summed E-state index contributed by atoms with van der Waals surface area (Å²) in [6.07, 6.45) is 1.75. The molecule has 0 N–H and O–H groups in total. The van der Waals surface area contributed by atoms with Gasteiger partial charge in [0.25, 0.3) is 5.91 Å². The SMILES string of the molecule is CCOc1cc2c(c(F)c1OCC)C(=O)N(C)C21CC1. The van der Waals surface area contributed by atoms with E-state index in [-0.39, 0.29) is 22.8 Å². The topological polar surface area (TPSA) is 38.8 Å². The van der Waals surface area contributed by atoms with Gasteiger partial charge in [-0.25, -0.2) is 4.39 Å². The molecule has 1 fully saturated rings. The first-order chi connectivity index (χ1) is 9.56. The predicted octanol–water partition coefficient (Wildman–Crippen LogP) is 2.70. The minimum Gasteiger partial charge on any atom is -0.490 e. The van der Waals surface area contributed by atoms with Crippen molar-refractivity contribution in [2.45, 2.75) is 32.2 Å². The number of amides is 1. The van der Waals surface area contributed by atoms with E-state index in [2.05, 4.69) is 0 Å². The van der Waals surface area contributed by atoms with Crippen molar-refractivity contribution in [1.82, 2.24) is 4.90 Å². The number of fused-ring (bicyclic) bond motifs is 2. The lowest BCUT2D eigenvalue weighted by molar-refractivity contribution is 0.0752. The molecule has 108 valence electrons. The van der Waals surface area contributed by atoms with Crippen LogP contribution < -0.4 is 9.47 Å². The second kappa shape index (κ2) is 4.36. The molecular weight excluding hydrogens is 261 g/mol. The molecule has 0 saturated heterocycles. The first-order valence-electron chi connectivity index (χ1n) is 6.97. The van der Waals surface area contributed by atoms with Crippen LogP contribution in [0.3, 0.4) is 0 Å². The Bertz CT molecular complexity index is 581. The van der Waals surface area contributed by atoms with Gasteiger partial charge in [0.2, 0.25) is 0 Å². The fourth-order valence-corrected chi connectivity index (χ4v) is 2.99. The zero-order valence-electron chi connectivity index (χ0n) is 12.0. The summed E-state index contributed by atoms with van der Waals surface area (Å²) in [5.74, 6) is -0.417. The maximum atomic E-state index is 14.7. The van der Waals surface area contributed by atoms with Crippen LogP contribution in [0.1, 0.15) is 42.6 Å². The smallest absolute Gasteiger partial charge is 0.257 e. The summed E-state index contributed by atoms with van der Waals surface area (Å²) < 4.78 is 25.5. The van der Waals surface area contributed by atoms with Crippen LogP contribution in [0.5, 0.6) is 11.5 Å².